The minimum atomic E-state index is -3.55. The summed E-state index contributed by atoms with van der Waals surface area (Å²) in [6.45, 7) is 2.85. The summed E-state index contributed by atoms with van der Waals surface area (Å²) in [5, 5.41) is 0. The number of pyridine rings is 1. The molecule has 6 nitrogen and oxygen atoms in total. The van der Waals surface area contributed by atoms with Crippen molar-refractivity contribution in [3.63, 3.8) is 0 Å². The van der Waals surface area contributed by atoms with Crippen LogP contribution in [-0.2, 0) is 14.8 Å². The molecule has 7 heteroatoms. The van der Waals surface area contributed by atoms with Gasteiger partial charge in [-0.25, -0.2) is 18.1 Å². The molecule has 18 heavy (non-hydrogen) atoms. The molecule has 1 atom stereocenters. The van der Waals surface area contributed by atoms with Crippen LogP contribution >= 0.6 is 0 Å². The lowest BCUT2D eigenvalue weighted by Crippen LogP contribution is -2.40. The minimum absolute atomic E-state index is 0.110. The van der Waals surface area contributed by atoms with Crippen molar-refractivity contribution in [2.24, 2.45) is 0 Å². The smallest absolute Gasteiger partial charge is 0.242 e. The van der Waals surface area contributed by atoms with Crippen LogP contribution in [0.4, 0.5) is 5.82 Å². The van der Waals surface area contributed by atoms with Crippen molar-refractivity contribution in [1.82, 2.24) is 9.71 Å². The van der Waals surface area contributed by atoms with Gasteiger partial charge >= 0.3 is 0 Å². The SMILES string of the molecule is CC1(CNS(=O)(=O)c2ccc(N)nc2)CCCO1. The van der Waals surface area contributed by atoms with Crippen LogP contribution in [0.3, 0.4) is 0 Å². The van der Waals surface area contributed by atoms with E-state index in [-0.39, 0.29) is 11.4 Å². The maximum Gasteiger partial charge on any atom is 0.242 e. The molecule has 2 heterocycles. The summed E-state index contributed by atoms with van der Waals surface area (Å²) < 4.78 is 32.1. The average molecular weight is 271 g/mol. The fourth-order valence-electron chi connectivity index (χ4n) is 1.86. The zero-order valence-electron chi connectivity index (χ0n) is 10.2. The van der Waals surface area contributed by atoms with E-state index in [0.29, 0.717) is 12.4 Å². The molecule has 0 amide bonds. The van der Waals surface area contributed by atoms with Gasteiger partial charge in [0.1, 0.15) is 10.7 Å². The number of hydrogen-bond acceptors (Lipinski definition) is 5. The Morgan fingerprint density at radius 3 is 2.89 bits per heavy atom. The number of nitrogens with one attached hydrogen (secondary N) is 1. The second-order valence-corrected chi connectivity index (χ2v) is 6.41. The highest BCUT2D eigenvalue weighted by atomic mass is 32.2. The van der Waals surface area contributed by atoms with Crippen LogP contribution in [0.15, 0.2) is 23.2 Å². The number of nitrogen functional groups attached to an aromatic ring is 1. The van der Waals surface area contributed by atoms with Crippen LogP contribution in [0.25, 0.3) is 0 Å². The van der Waals surface area contributed by atoms with Crippen molar-refractivity contribution in [2.45, 2.75) is 30.3 Å². The second kappa shape index (κ2) is 4.83. The van der Waals surface area contributed by atoms with Gasteiger partial charge < -0.3 is 10.5 Å². The van der Waals surface area contributed by atoms with Crippen LogP contribution in [0.2, 0.25) is 0 Å². The molecular formula is C11H17N3O3S. The summed E-state index contributed by atoms with van der Waals surface area (Å²) in [6.07, 6.45) is 3.06. The number of nitrogens with zero attached hydrogens (tertiary/aromatic N) is 1. The summed E-state index contributed by atoms with van der Waals surface area (Å²) in [6, 6.07) is 2.89. The van der Waals surface area contributed by atoms with Gasteiger partial charge in [-0.15, -0.1) is 0 Å². The zero-order valence-corrected chi connectivity index (χ0v) is 11.0. The molecule has 1 aromatic rings. The van der Waals surface area contributed by atoms with Gasteiger partial charge in [0, 0.05) is 19.3 Å². The predicted octanol–water partition coefficient (Wildman–Crippen LogP) is 0.511. The fraction of sp³-hybridized carbons (Fsp3) is 0.545. The van der Waals surface area contributed by atoms with Crippen molar-refractivity contribution in [2.75, 3.05) is 18.9 Å². The third-order valence-corrected chi connectivity index (χ3v) is 4.39. The molecule has 100 valence electrons. The Bertz CT molecular complexity index is 507. The fourth-order valence-corrected chi connectivity index (χ4v) is 2.96. The lowest BCUT2D eigenvalue weighted by molar-refractivity contribution is 0.0250. The Morgan fingerprint density at radius 1 is 1.56 bits per heavy atom. The largest absolute Gasteiger partial charge is 0.384 e. The highest BCUT2D eigenvalue weighted by molar-refractivity contribution is 7.89. The van der Waals surface area contributed by atoms with Gasteiger partial charge in [-0.3, -0.25) is 0 Å². The van der Waals surface area contributed by atoms with E-state index in [1.54, 1.807) is 0 Å². The van der Waals surface area contributed by atoms with Gasteiger partial charge in [0.15, 0.2) is 0 Å². The first kappa shape index (κ1) is 13.3. The molecule has 1 unspecified atom stereocenters. The summed E-state index contributed by atoms with van der Waals surface area (Å²) in [4.78, 5) is 3.88. The number of hydrogen-bond donors (Lipinski definition) is 2. The third-order valence-electron chi connectivity index (χ3n) is 3.01. The van der Waals surface area contributed by atoms with E-state index >= 15 is 0 Å². The molecule has 1 aliphatic heterocycles. The zero-order chi connectivity index (χ0) is 13.2. The van der Waals surface area contributed by atoms with E-state index in [2.05, 4.69) is 9.71 Å². The molecule has 0 spiro atoms. The molecule has 2 rings (SSSR count). The molecule has 0 aliphatic carbocycles. The molecule has 1 aliphatic rings. The van der Waals surface area contributed by atoms with E-state index in [1.165, 1.54) is 18.3 Å². The van der Waals surface area contributed by atoms with Gasteiger partial charge in [0.2, 0.25) is 10.0 Å². The molecule has 0 saturated carbocycles. The maximum atomic E-state index is 12.0. The maximum absolute atomic E-state index is 12.0. The molecule has 1 aromatic heterocycles. The van der Waals surface area contributed by atoms with Gasteiger partial charge in [-0.2, -0.15) is 0 Å². The number of aromatic nitrogens is 1. The number of anilines is 1. The van der Waals surface area contributed by atoms with Crippen LogP contribution in [0.5, 0.6) is 0 Å². The van der Waals surface area contributed by atoms with E-state index in [1.807, 2.05) is 6.92 Å². The van der Waals surface area contributed by atoms with Crippen LogP contribution in [0.1, 0.15) is 19.8 Å². The topological polar surface area (TPSA) is 94.3 Å². The van der Waals surface area contributed by atoms with Crippen LogP contribution in [-0.4, -0.2) is 32.2 Å². The van der Waals surface area contributed by atoms with Crippen molar-refractivity contribution in [3.8, 4) is 0 Å². The molecule has 0 aromatic carbocycles. The van der Waals surface area contributed by atoms with Crippen molar-refractivity contribution >= 4 is 15.8 Å². The summed E-state index contributed by atoms with van der Waals surface area (Å²) in [5.74, 6) is 0.292. The highest BCUT2D eigenvalue weighted by Crippen LogP contribution is 2.24. The lowest BCUT2D eigenvalue weighted by Gasteiger charge is -2.23. The minimum Gasteiger partial charge on any atom is -0.384 e. The quantitative estimate of drug-likeness (QED) is 0.832. The lowest BCUT2D eigenvalue weighted by atomic mass is 10.0. The first-order valence-corrected chi connectivity index (χ1v) is 7.25. The molecular weight excluding hydrogens is 254 g/mol. The van der Waals surface area contributed by atoms with Crippen LogP contribution < -0.4 is 10.5 Å². The Kier molecular flexibility index (Phi) is 3.56. The Morgan fingerprint density at radius 2 is 2.33 bits per heavy atom. The Labute approximate surface area is 107 Å². The monoisotopic (exact) mass is 271 g/mol. The third kappa shape index (κ3) is 2.98. The molecule has 3 N–H and O–H groups in total. The normalized spacial score (nSPS) is 24.3. The molecule has 1 saturated heterocycles. The van der Waals surface area contributed by atoms with Crippen molar-refractivity contribution in [3.05, 3.63) is 18.3 Å². The van der Waals surface area contributed by atoms with Gasteiger partial charge in [-0.1, -0.05) is 0 Å². The summed E-state index contributed by atoms with van der Waals surface area (Å²) in [5.41, 5.74) is 5.01. The number of rotatable bonds is 4. The van der Waals surface area contributed by atoms with E-state index in [4.69, 9.17) is 10.5 Å². The van der Waals surface area contributed by atoms with Crippen LogP contribution in [0, 0.1) is 0 Å². The van der Waals surface area contributed by atoms with Crippen molar-refractivity contribution in [1.29, 1.82) is 0 Å². The predicted molar refractivity (Wildman–Crippen MR) is 67.4 cm³/mol. The summed E-state index contributed by atoms with van der Waals surface area (Å²) >= 11 is 0. The summed E-state index contributed by atoms with van der Waals surface area (Å²) in [7, 11) is -3.55. The van der Waals surface area contributed by atoms with Crippen molar-refractivity contribution < 1.29 is 13.2 Å². The molecule has 0 bridgehead atoms. The van der Waals surface area contributed by atoms with E-state index in [0.717, 1.165) is 12.8 Å². The number of ether oxygens (including phenoxy) is 1. The second-order valence-electron chi connectivity index (χ2n) is 4.65. The van der Waals surface area contributed by atoms with E-state index in [9.17, 15) is 8.42 Å². The number of sulfonamides is 1. The Balaban J connectivity index is 2.05. The van der Waals surface area contributed by atoms with Gasteiger partial charge in [0.25, 0.3) is 0 Å². The highest BCUT2D eigenvalue weighted by Gasteiger charge is 2.31. The van der Waals surface area contributed by atoms with E-state index < -0.39 is 15.6 Å². The van der Waals surface area contributed by atoms with Gasteiger partial charge in [-0.05, 0) is 31.9 Å². The molecule has 0 radical (unpaired) electrons. The number of nitrogens with two attached hydrogens (primary N) is 1. The van der Waals surface area contributed by atoms with Gasteiger partial charge in [0.05, 0.1) is 5.60 Å². The Hall–Kier alpha value is -1.18. The first-order chi connectivity index (χ1) is 8.41. The first-order valence-electron chi connectivity index (χ1n) is 5.76. The standard InChI is InChI=1S/C11H17N3O3S/c1-11(5-2-6-17-11)8-14-18(15,16)9-3-4-10(12)13-7-9/h3-4,7,14H,2,5-6,8H2,1H3,(H2,12,13). The molecule has 1 fully saturated rings. The average Bonchev–Trinajstić information content (AvgIpc) is 2.75.